The number of fused-ring (bicyclic) bond motifs is 1. The van der Waals surface area contributed by atoms with Gasteiger partial charge in [0.25, 0.3) is 0 Å². The van der Waals surface area contributed by atoms with Crippen LogP contribution in [0.15, 0.2) is 48.5 Å². The van der Waals surface area contributed by atoms with Gasteiger partial charge in [-0.1, -0.05) is 48.5 Å². The lowest BCUT2D eigenvalue weighted by Crippen LogP contribution is -2.30. The first-order valence-corrected chi connectivity index (χ1v) is 6.70. The van der Waals surface area contributed by atoms with Crippen molar-refractivity contribution in [2.45, 2.75) is 25.3 Å². The fourth-order valence-corrected chi connectivity index (χ4v) is 2.74. The van der Waals surface area contributed by atoms with E-state index in [0.717, 1.165) is 18.4 Å². The summed E-state index contributed by atoms with van der Waals surface area (Å²) >= 11 is 0. The predicted octanol–water partition coefficient (Wildman–Crippen LogP) is 3.16. The van der Waals surface area contributed by atoms with Crippen LogP contribution < -0.4 is 5.73 Å². The highest BCUT2D eigenvalue weighted by molar-refractivity contribution is 5.89. The van der Waals surface area contributed by atoms with Crippen molar-refractivity contribution in [3.8, 4) is 11.1 Å². The van der Waals surface area contributed by atoms with Gasteiger partial charge in [0.15, 0.2) is 5.78 Å². The Kier molecular flexibility index (Phi) is 4.58. The maximum atomic E-state index is 12.0. The van der Waals surface area contributed by atoms with Crippen LogP contribution in [0.2, 0.25) is 0 Å². The molecule has 2 aromatic carbocycles. The molecule has 104 valence electrons. The van der Waals surface area contributed by atoms with Crippen LogP contribution >= 0.6 is 12.4 Å². The van der Waals surface area contributed by atoms with Gasteiger partial charge < -0.3 is 5.73 Å². The van der Waals surface area contributed by atoms with Gasteiger partial charge in [0.1, 0.15) is 0 Å². The molecule has 1 aliphatic carbocycles. The molecule has 1 atom stereocenters. The van der Waals surface area contributed by atoms with Crippen molar-refractivity contribution in [2.75, 3.05) is 0 Å². The molecule has 1 aliphatic rings. The maximum absolute atomic E-state index is 12.0. The minimum Gasteiger partial charge on any atom is -0.321 e. The monoisotopic (exact) mass is 287 g/mol. The summed E-state index contributed by atoms with van der Waals surface area (Å²) in [5.41, 5.74) is 10.7. The third-order valence-electron chi connectivity index (χ3n) is 3.85. The zero-order chi connectivity index (χ0) is 13.2. The Morgan fingerprint density at radius 3 is 2.50 bits per heavy atom. The molecule has 0 bridgehead atoms. The Labute approximate surface area is 125 Å². The Balaban J connectivity index is 0.00000147. The van der Waals surface area contributed by atoms with E-state index >= 15 is 0 Å². The van der Waals surface area contributed by atoms with Crippen LogP contribution in [-0.2, 0) is 17.6 Å². The highest BCUT2D eigenvalue weighted by Gasteiger charge is 2.22. The number of hydrogen-bond donors (Lipinski definition) is 1. The van der Waals surface area contributed by atoms with E-state index in [-0.39, 0.29) is 24.2 Å². The van der Waals surface area contributed by atoms with E-state index in [4.69, 9.17) is 5.73 Å². The molecule has 3 heteroatoms. The molecule has 0 amide bonds. The van der Waals surface area contributed by atoms with E-state index in [0.29, 0.717) is 6.42 Å². The normalized spacial score (nSPS) is 17.9. The second kappa shape index (κ2) is 6.21. The Bertz CT molecular complexity index is 610. The molecule has 2 aromatic rings. The molecule has 3 rings (SSSR count). The largest absolute Gasteiger partial charge is 0.321 e. The lowest BCUT2D eigenvalue weighted by Gasteiger charge is -2.12. The van der Waals surface area contributed by atoms with Gasteiger partial charge in [-0.25, -0.2) is 0 Å². The van der Waals surface area contributed by atoms with E-state index < -0.39 is 0 Å². The van der Waals surface area contributed by atoms with Gasteiger partial charge in [-0.2, -0.15) is 0 Å². The highest BCUT2D eigenvalue weighted by Crippen LogP contribution is 2.29. The molecule has 20 heavy (non-hydrogen) atoms. The number of halogens is 1. The Morgan fingerprint density at radius 1 is 1.00 bits per heavy atom. The lowest BCUT2D eigenvalue weighted by atomic mass is 9.92. The molecule has 2 N–H and O–H groups in total. The molecule has 0 fully saturated rings. The van der Waals surface area contributed by atoms with Gasteiger partial charge in [0.2, 0.25) is 0 Å². The number of hydrogen-bond acceptors (Lipinski definition) is 2. The average molecular weight is 288 g/mol. The number of carbonyl (C=O) groups is 1. The molecule has 0 spiro atoms. The van der Waals surface area contributed by atoms with Crippen LogP contribution in [0, 0.1) is 0 Å². The summed E-state index contributed by atoms with van der Waals surface area (Å²) < 4.78 is 0. The Morgan fingerprint density at radius 2 is 1.75 bits per heavy atom. The Hall–Kier alpha value is -1.64. The fraction of sp³-hybridized carbons (Fsp3) is 0.235. The quantitative estimate of drug-likeness (QED) is 0.819. The van der Waals surface area contributed by atoms with Crippen LogP contribution in [0.25, 0.3) is 11.1 Å². The van der Waals surface area contributed by atoms with Crippen LogP contribution in [-0.4, -0.2) is 11.8 Å². The summed E-state index contributed by atoms with van der Waals surface area (Å²) in [4.78, 5) is 12.0. The van der Waals surface area contributed by atoms with Gasteiger partial charge >= 0.3 is 0 Å². The van der Waals surface area contributed by atoms with Crippen molar-refractivity contribution < 1.29 is 4.79 Å². The fourth-order valence-electron chi connectivity index (χ4n) is 2.74. The van der Waals surface area contributed by atoms with Gasteiger partial charge in [-0.3, -0.25) is 4.79 Å². The van der Waals surface area contributed by atoms with E-state index in [1.54, 1.807) is 0 Å². The van der Waals surface area contributed by atoms with Crippen LogP contribution in [0.1, 0.15) is 17.5 Å². The van der Waals surface area contributed by atoms with Gasteiger partial charge in [-0.05, 0) is 35.1 Å². The van der Waals surface area contributed by atoms with E-state index in [9.17, 15) is 4.79 Å². The molecule has 2 nitrogen and oxygen atoms in total. The number of benzene rings is 2. The zero-order valence-corrected chi connectivity index (χ0v) is 12.0. The van der Waals surface area contributed by atoms with E-state index in [1.807, 2.05) is 18.2 Å². The molecule has 1 unspecified atom stereocenters. The van der Waals surface area contributed by atoms with Crippen LogP contribution in [0.3, 0.4) is 0 Å². The van der Waals surface area contributed by atoms with Crippen LogP contribution in [0.5, 0.6) is 0 Å². The first-order valence-electron chi connectivity index (χ1n) is 6.70. The third-order valence-corrected chi connectivity index (χ3v) is 3.85. The number of Topliss-reactive ketones (excluding diaryl/α,β-unsaturated/α-hetero) is 1. The lowest BCUT2D eigenvalue weighted by molar-refractivity contribution is -0.119. The summed E-state index contributed by atoms with van der Waals surface area (Å²) in [6, 6.07) is 16.2. The second-order valence-corrected chi connectivity index (χ2v) is 5.10. The smallest absolute Gasteiger partial charge is 0.153 e. The minimum absolute atomic E-state index is 0. The van der Waals surface area contributed by atoms with Crippen molar-refractivity contribution in [3.63, 3.8) is 0 Å². The topological polar surface area (TPSA) is 43.1 Å². The molecule has 0 aliphatic heterocycles. The van der Waals surface area contributed by atoms with Crippen molar-refractivity contribution in [1.82, 2.24) is 0 Å². The number of carbonyl (C=O) groups excluding carboxylic acids is 1. The zero-order valence-electron chi connectivity index (χ0n) is 11.2. The van der Waals surface area contributed by atoms with Gasteiger partial charge in [0, 0.05) is 6.42 Å². The molecule has 0 heterocycles. The predicted molar refractivity (Wildman–Crippen MR) is 84.1 cm³/mol. The minimum atomic E-state index is -0.309. The van der Waals surface area contributed by atoms with E-state index in [1.165, 1.54) is 16.7 Å². The first-order chi connectivity index (χ1) is 9.25. The number of rotatable bonds is 1. The summed E-state index contributed by atoms with van der Waals surface area (Å²) in [6.07, 6.45) is 2.11. The summed E-state index contributed by atoms with van der Waals surface area (Å²) in [7, 11) is 0. The highest BCUT2D eigenvalue weighted by atomic mass is 35.5. The number of ketones is 1. The summed E-state index contributed by atoms with van der Waals surface area (Å²) in [6.45, 7) is 0. The van der Waals surface area contributed by atoms with Crippen LogP contribution in [0.4, 0.5) is 0 Å². The van der Waals surface area contributed by atoms with Crippen molar-refractivity contribution in [3.05, 3.63) is 59.7 Å². The standard InChI is InChI=1S/C17H17NO.ClH/c18-16-10-9-13-7-4-8-14(15(13)11-17(16)19)12-5-2-1-3-6-12;/h1-8,16H,9-11,18H2;1H. The van der Waals surface area contributed by atoms with Crippen molar-refractivity contribution in [1.29, 1.82) is 0 Å². The number of nitrogens with two attached hydrogens (primary N) is 1. The molecular formula is C17H18ClNO. The molecule has 0 aromatic heterocycles. The van der Waals surface area contributed by atoms with Crippen molar-refractivity contribution in [2.24, 2.45) is 5.73 Å². The third kappa shape index (κ3) is 2.77. The van der Waals surface area contributed by atoms with Gasteiger partial charge in [0.05, 0.1) is 6.04 Å². The number of aryl methyl sites for hydroxylation is 1. The first kappa shape index (κ1) is 14.8. The van der Waals surface area contributed by atoms with Gasteiger partial charge in [-0.15, -0.1) is 12.4 Å². The van der Waals surface area contributed by atoms with Crippen molar-refractivity contribution >= 4 is 18.2 Å². The summed E-state index contributed by atoms with van der Waals surface area (Å²) in [5.74, 6) is 0.155. The van der Waals surface area contributed by atoms with E-state index in [2.05, 4.69) is 30.3 Å². The SMILES string of the molecule is Cl.NC1CCc2cccc(-c3ccccc3)c2CC1=O. The average Bonchev–Trinajstić information content (AvgIpc) is 2.60. The second-order valence-electron chi connectivity index (χ2n) is 5.10. The molecule has 0 radical (unpaired) electrons. The molecular weight excluding hydrogens is 270 g/mol. The maximum Gasteiger partial charge on any atom is 0.153 e. The molecule has 0 saturated heterocycles. The summed E-state index contributed by atoms with van der Waals surface area (Å²) in [5, 5.41) is 0. The molecule has 0 saturated carbocycles.